The molecule has 2 aromatic carbocycles. The van der Waals surface area contributed by atoms with E-state index in [1.165, 1.54) is 7.11 Å². The summed E-state index contributed by atoms with van der Waals surface area (Å²) >= 11 is 7.74. The summed E-state index contributed by atoms with van der Waals surface area (Å²) in [4.78, 5) is 16.1. The van der Waals surface area contributed by atoms with Gasteiger partial charge in [-0.25, -0.2) is 9.78 Å². The molecule has 1 heterocycles. The monoisotopic (exact) mass is 329 g/mol. The zero-order valence-corrected chi connectivity index (χ0v) is 13.3. The van der Waals surface area contributed by atoms with Crippen LogP contribution in [-0.2, 0) is 4.74 Å². The maximum absolute atomic E-state index is 11.4. The molecule has 0 bridgehead atoms. The molecule has 0 aliphatic heterocycles. The van der Waals surface area contributed by atoms with E-state index in [1.54, 1.807) is 23.5 Å². The molecule has 0 amide bonds. The number of carbonyl (C=O) groups is 1. The van der Waals surface area contributed by atoms with Crippen molar-refractivity contribution in [2.45, 2.75) is 0 Å². The molecule has 0 radical (unpaired) electrons. The van der Waals surface area contributed by atoms with E-state index in [4.69, 9.17) is 16.3 Å². The first kappa shape index (κ1) is 14.8. The Labute approximate surface area is 137 Å². The van der Waals surface area contributed by atoms with E-state index < -0.39 is 0 Å². The predicted octanol–water partition coefficient (Wildman–Crippen LogP) is 4.92. The summed E-state index contributed by atoms with van der Waals surface area (Å²) in [5.41, 5.74) is 3.24. The predicted molar refractivity (Wildman–Crippen MR) is 89.3 cm³/mol. The first-order valence-electron chi connectivity index (χ1n) is 6.58. The molecular weight excluding hydrogens is 318 g/mol. The highest BCUT2D eigenvalue weighted by atomic mass is 35.5. The van der Waals surface area contributed by atoms with Crippen molar-refractivity contribution in [2.24, 2.45) is 0 Å². The van der Waals surface area contributed by atoms with Crippen LogP contribution in [0.25, 0.3) is 21.8 Å². The Hall–Kier alpha value is -2.17. The number of aromatic nitrogens is 1. The fourth-order valence-corrected chi connectivity index (χ4v) is 3.12. The molecule has 3 rings (SSSR count). The van der Waals surface area contributed by atoms with Crippen LogP contribution >= 0.6 is 22.9 Å². The lowest BCUT2D eigenvalue weighted by Gasteiger charge is -2.01. The minimum atomic E-state index is -0.345. The van der Waals surface area contributed by atoms with Crippen LogP contribution in [-0.4, -0.2) is 18.1 Å². The highest BCUT2D eigenvalue weighted by Gasteiger charge is 2.10. The van der Waals surface area contributed by atoms with E-state index in [1.807, 2.05) is 41.8 Å². The van der Waals surface area contributed by atoms with Crippen molar-refractivity contribution in [3.05, 3.63) is 64.5 Å². The van der Waals surface area contributed by atoms with E-state index in [9.17, 15) is 4.79 Å². The summed E-state index contributed by atoms with van der Waals surface area (Å²) in [5, 5.41) is 3.54. The van der Waals surface area contributed by atoms with E-state index in [0.29, 0.717) is 10.6 Å². The van der Waals surface area contributed by atoms with Crippen molar-refractivity contribution < 1.29 is 9.53 Å². The average molecular weight is 330 g/mol. The van der Waals surface area contributed by atoms with Gasteiger partial charge in [-0.15, -0.1) is 11.3 Å². The van der Waals surface area contributed by atoms with Crippen LogP contribution < -0.4 is 0 Å². The lowest BCUT2D eigenvalue weighted by Crippen LogP contribution is -2.00. The minimum Gasteiger partial charge on any atom is -0.465 e. The van der Waals surface area contributed by atoms with Crippen LogP contribution in [0.3, 0.4) is 0 Å². The molecule has 5 heteroatoms. The summed E-state index contributed by atoms with van der Waals surface area (Å²) in [6.45, 7) is 0. The third kappa shape index (κ3) is 2.89. The number of ether oxygens (including phenoxy) is 1. The number of hydrogen-bond acceptors (Lipinski definition) is 4. The van der Waals surface area contributed by atoms with Gasteiger partial charge in [0.2, 0.25) is 0 Å². The molecule has 1 aromatic heterocycles. The molecule has 0 unspecified atom stereocenters. The number of carbonyl (C=O) groups excluding carboxylic acids is 1. The van der Waals surface area contributed by atoms with Crippen LogP contribution in [0.15, 0.2) is 53.9 Å². The van der Waals surface area contributed by atoms with Crippen molar-refractivity contribution in [2.75, 3.05) is 7.11 Å². The van der Waals surface area contributed by atoms with E-state index in [-0.39, 0.29) is 5.97 Å². The largest absolute Gasteiger partial charge is 0.465 e. The molecule has 110 valence electrons. The van der Waals surface area contributed by atoms with Gasteiger partial charge in [-0.3, -0.25) is 0 Å². The summed E-state index contributed by atoms with van der Waals surface area (Å²) in [7, 11) is 1.37. The van der Waals surface area contributed by atoms with Gasteiger partial charge in [0, 0.05) is 21.5 Å². The fourth-order valence-electron chi connectivity index (χ4n) is 2.07. The van der Waals surface area contributed by atoms with Gasteiger partial charge in [-0.1, -0.05) is 41.9 Å². The molecule has 0 atom stereocenters. The molecular formula is C17H12ClNO2S. The molecule has 0 saturated heterocycles. The van der Waals surface area contributed by atoms with Gasteiger partial charge in [0.05, 0.1) is 18.4 Å². The molecule has 22 heavy (non-hydrogen) atoms. The van der Waals surface area contributed by atoms with Crippen molar-refractivity contribution in [1.82, 2.24) is 4.98 Å². The van der Waals surface area contributed by atoms with Crippen molar-refractivity contribution >= 4 is 28.9 Å². The molecule has 0 aliphatic carbocycles. The Morgan fingerprint density at radius 1 is 1.14 bits per heavy atom. The Bertz CT molecular complexity index is 812. The van der Waals surface area contributed by atoms with Crippen molar-refractivity contribution in [3.63, 3.8) is 0 Å². The van der Waals surface area contributed by atoms with Crippen LogP contribution in [0.4, 0.5) is 0 Å². The van der Waals surface area contributed by atoms with E-state index >= 15 is 0 Å². The summed E-state index contributed by atoms with van der Waals surface area (Å²) in [6, 6.07) is 14.8. The first-order chi connectivity index (χ1) is 10.7. The number of hydrogen-bond donors (Lipinski definition) is 0. The second kappa shape index (κ2) is 6.30. The van der Waals surface area contributed by atoms with Crippen molar-refractivity contribution in [3.8, 4) is 21.8 Å². The number of methoxy groups -OCH3 is 1. The van der Waals surface area contributed by atoms with Crippen LogP contribution in [0, 0.1) is 0 Å². The Morgan fingerprint density at radius 3 is 2.55 bits per heavy atom. The van der Waals surface area contributed by atoms with Gasteiger partial charge >= 0.3 is 5.97 Å². The van der Waals surface area contributed by atoms with Crippen LogP contribution in [0.2, 0.25) is 5.02 Å². The maximum atomic E-state index is 11.4. The molecule has 0 aliphatic rings. The summed E-state index contributed by atoms with van der Waals surface area (Å²) in [6.07, 6.45) is 0. The molecule has 0 saturated carbocycles. The van der Waals surface area contributed by atoms with E-state index in [2.05, 4.69) is 4.98 Å². The van der Waals surface area contributed by atoms with Gasteiger partial charge in [0.25, 0.3) is 0 Å². The van der Waals surface area contributed by atoms with Crippen molar-refractivity contribution in [1.29, 1.82) is 0 Å². The average Bonchev–Trinajstić information content (AvgIpc) is 3.04. The fraction of sp³-hybridized carbons (Fsp3) is 0.0588. The topological polar surface area (TPSA) is 39.2 Å². The summed E-state index contributed by atoms with van der Waals surface area (Å²) in [5.74, 6) is -0.345. The normalized spacial score (nSPS) is 10.5. The lowest BCUT2D eigenvalue weighted by atomic mass is 10.1. The van der Waals surface area contributed by atoms with Gasteiger partial charge in [0.1, 0.15) is 5.01 Å². The van der Waals surface area contributed by atoms with E-state index in [0.717, 1.165) is 21.8 Å². The zero-order chi connectivity index (χ0) is 15.5. The Kier molecular flexibility index (Phi) is 4.22. The highest BCUT2D eigenvalue weighted by Crippen LogP contribution is 2.32. The zero-order valence-electron chi connectivity index (χ0n) is 11.7. The standard InChI is InChI=1S/C17H12ClNO2S/c1-21-17(20)12-8-6-11(7-9-12)16-19-15(10-22-16)13-4-2-3-5-14(13)18/h2-10H,1H3. The third-order valence-electron chi connectivity index (χ3n) is 3.21. The highest BCUT2D eigenvalue weighted by molar-refractivity contribution is 7.13. The number of esters is 1. The quantitative estimate of drug-likeness (QED) is 0.640. The van der Waals surface area contributed by atoms with Crippen LogP contribution in [0.5, 0.6) is 0 Å². The Balaban J connectivity index is 1.91. The first-order valence-corrected chi connectivity index (χ1v) is 7.84. The molecule has 0 N–H and O–H groups in total. The second-order valence-electron chi connectivity index (χ2n) is 4.59. The molecule has 0 fully saturated rings. The SMILES string of the molecule is COC(=O)c1ccc(-c2nc(-c3ccccc3Cl)cs2)cc1. The number of thiazole rings is 1. The van der Waals surface area contributed by atoms with Gasteiger partial charge in [-0.05, 0) is 18.2 Å². The number of nitrogens with zero attached hydrogens (tertiary/aromatic N) is 1. The third-order valence-corrected chi connectivity index (χ3v) is 4.43. The molecule has 3 aromatic rings. The summed E-state index contributed by atoms with van der Waals surface area (Å²) < 4.78 is 4.69. The van der Waals surface area contributed by atoms with Crippen LogP contribution in [0.1, 0.15) is 10.4 Å². The molecule has 0 spiro atoms. The maximum Gasteiger partial charge on any atom is 0.337 e. The number of benzene rings is 2. The molecule has 3 nitrogen and oxygen atoms in total. The lowest BCUT2D eigenvalue weighted by molar-refractivity contribution is 0.0601. The van der Waals surface area contributed by atoms with Gasteiger partial charge in [-0.2, -0.15) is 0 Å². The van der Waals surface area contributed by atoms with Gasteiger partial charge in [0.15, 0.2) is 0 Å². The second-order valence-corrected chi connectivity index (χ2v) is 5.85. The number of halogens is 1. The minimum absolute atomic E-state index is 0.345. The number of rotatable bonds is 3. The Morgan fingerprint density at radius 2 is 1.86 bits per heavy atom. The smallest absolute Gasteiger partial charge is 0.337 e. The van der Waals surface area contributed by atoms with Gasteiger partial charge < -0.3 is 4.74 Å².